The molecule has 1 amide bonds. The van der Waals surface area contributed by atoms with Gasteiger partial charge in [0, 0.05) is 31.5 Å². The highest BCUT2D eigenvalue weighted by molar-refractivity contribution is 7.89. The summed E-state index contributed by atoms with van der Waals surface area (Å²) in [5.41, 5.74) is 5.74. The average molecular weight is 355 g/mol. The lowest BCUT2D eigenvalue weighted by Gasteiger charge is -2.34. The van der Waals surface area contributed by atoms with Crippen LogP contribution in [-0.4, -0.2) is 40.1 Å². The third-order valence-corrected chi connectivity index (χ3v) is 5.81. The van der Waals surface area contributed by atoms with Gasteiger partial charge in [0.25, 0.3) is 0 Å². The van der Waals surface area contributed by atoms with Crippen LogP contribution in [0.5, 0.6) is 0 Å². The van der Waals surface area contributed by atoms with E-state index in [1.807, 2.05) is 0 Å². The van der Waals surface area contributed by atoms with Crippen molar-refractivity contribution in [1.82, 2.24) is 4.72 Å². The fraction of sp³-hybridized carbons (Fsp3) is 0.562. The van der Waals surface area contributed by atoms with Crippen molar-refractivity contribution < 1.29 is 17.9 Å². The summed E-state index contributed by atoms with van der Waals surface area (Å²) in [6, 6.07) is 5.92. The van der Waals surface area contributed by atoms with Crippen molar-refractivity contribution in [3.63, 3.8) is 0 Å². The van der Waals surface area contributed by atoms with E-state index in [0.717, 1.165) is 0 Å². The second-order valence-corrected chi connectivity index (χ2v) is 8.07. The van der Waals surface area contributed by atoms with E-state index in [9.17, 15) is 13.2 Å². The number of amides is 1. The molecule has 8 heteroatoms. The predicted octanol–water partition coefficient (Wildman–Crippen LogP) is 1.07. The summed E-state index contributed by atoms with van der Waals surface area (Å²) in [4.78, 5) is 12.7. The van der Waals surface area contributed by atoms with Gasteiger partial charge >= 0.3 is 0 Å². The lowest BCUT2D eigenvalue weighted by molar-refractivity contribution is -0.130. The molecule has 1 aliphatic rings. The molecule has 1 fully saturated rings. The van der Waals surface area contributed by atoms with E-state index >= 15 is 0 Å². The van der Waals surface area contributed by atoms with E-state index in [2.05, 4.69) is 10.0 Å². The summed E-state index contributed by atoms with van der Waals surface area (Å²) < 4.78 is 32.0. The highest BCUT2D eigenvalue weighted by atomic mass is 32.2. The van der Waals surface area contributed by atoms with E-state index in [-0.39, 0.29) is 23.4 Å². The molecule has 0 aliphatic carbocycles. The molecule has 0 saturated carbocycles. The minimum atomic E-state index is -3.54. The fourth-order valence-electron chi connectivity index (χ4n) is 2.65. The molecule has 0 radical (unpaired) electrons. The quantitative estimate of drug-likeness (QED) is 0.707. The molecule has 134 valence electrons. The summed E-state index contributed by atoms with van der Waals surface area (Å²) in [6.07, 6.45) is 1.17. The first kappa shape index (κ1) is 18.9. The van der Waals surface area contributed by atoms with E-state index in [0.29, 0.717) is 31.7 Å². The molecule has 1 aromatic rings. The molecule has 24 heavy (non-hydrogen) atoms. The van der Waals surface area contributed by atoms with Crippen LogP contribution in [0.25, 0.3) is 0 Å². The first-order chi connectivity index (χ1) is 11.3. The summed E-state index contributed by atoms with van der Waals surface area (Å²) in [5, 5.41) is 2.83. The van der Waals surface area contributed by atoms with Crippen LogP contribution in [0.4, 0.5) is 5.69 Å². The van der Waals surface area contributed by atoms with Crippen molar-refractivity contribution >= 4 is 21.6 Å². The standard InChI is InChI=1S/C16H25N3O4S/c1-12(2)19-24(21,22)14-5-3-13(4-6-14)18-15(20)16(11-17)7-9-23-10-8-16/h3-6,12,19H,7-11,17H2,1-2H3,(H,18,20). The van der Waals surface area contributed by atoms with Gasteiger partial charge in [-0.1, -0.05) is 0 Å². The lowest BCUT2D eigenvalue weighted by Crippen LogP contribution is -2.46. The normalized spacial score (nSPS) is 17.7. The van der Waals surface area contributed by atoms with Crippen LogP contribution in [0.1, 0.15) is 26.7 Å². The summed E-state index contributed by atoms with van der Waals surface area (Å²) in [6.45, 7) is 4.80. The minimum Gasteiger partial charge on any atom is -0.381 e. The molecular weight excluding hydrogens is 330 g/mol. The predicted molar refractivity (Wildman–Crippen MR) is 92.1 cm³/mol. The van der Waals surface area contributed by atoms with Crippen LogP contribution in [0.2, 0.25) is 0 Å². The molecule has 0 bridgehead atoms. The number of nitrogens with two attached hydrogens (primary N) is 1. The minimum absolute atomic E-state index is 0.149. The molecule has 7 nitrogen and oxygen atoms in total. The van der Waals surface area contributed by atoms with Gasteiger partial charge in [-0.05, 0) is 51.0 Å². The smallest absolute Gasteiger partial charge is 0.240 e. The van der Waals surface area contributed by atoms with E-state index in [4.69, 9.17) is 10.5 Å². The van der Waals surface area contributed by atoms with Crippen molar-refractivity contribution in [3.05, 3.63) is 24.3 Å². The zero-order valence-corrected chi connectivity index (χ0v) is 14.9. The maximum Gasteiger partial charge on any atom is 0.240 e. The second kappa shape index (κ2) is 7.60. The van der Waals surface area contributed by atoms with E-state index < -0.39 is 15.4 Å². The number of hydrogen-bond acceptors (Lipinski definition) is 5. The molecule has 1 aromatic carbocycles. The van der Waals surface area contributed by atoms with Crippen LogP contribution < -0.4 is 15.8 Å². The third-order valence-electron chi connectivity index (χ3n) is 4.14. The van der Waals surface area contributed by atoms with Crippen LogP contribution in [0.3, 0.4) is 0 Å². The molecule has 1 aliphatic heterocycles. The Labute approximate surface area is 143 Å². The SMILES string of the molecule is CC(C)NS(=O)(=O)c1ccc(NC(=O)C2(CN)CCOCC2)cc1. The molecular formula is C16H25N3O4S. The fourth-order valence-corrected chi connectivity index (χ4v) is 3.90. The number of anilines is 1. The van der Waals surface area contributed by atoms with Crippen molar-refractivity contribution in [1.29, 1.82) is 0 Å². The number of ether oxygens (including phenoxy) is 1. The van der Waals surface area contributed by atoms with Crippen LogP contribution in [-0.2, 0) is 19.6 Å². The Morgan fingerprint density at radius 1 is 1.25 bits per heavy atom. The maximum atomic E-state index is 12.6. The Bertz CT molecular complexity index is 665. The number of rotatable bonds is 6. The number of hydrogen-bond donors (Lipinski definition) is 3. The van der Waals surface area contributed by atoms with Crippen molar-refractivity contribution in [2.45, 2.75) is 37.6 Å². The molecule has 1 saturated heterocycles. The molecule has 0 spiro atoms. The molecule has 2 rings (SSSR count). The first-order valence-corrected chi connectivity index (χ1v) is 9.49. The maximum absolute atomic E-state index is 12.6. The van der Waals surface area contributed by atoms with Crippen molar-refractivity contribution in [2.24, 2.45) is 11.1 Å². The number of carbonyl (C=O) groups excluding carboxylic acids is 1. The number of nitrogens with one attached hydrogen (secondary N) is 2. The van der Waals surface area contributed by atoms with Crippen molar-refractivity contribution in [3.8, 4) is 0 Å². The van der Waals surface area contributed by atoms with E-state index in [1.54, 1.807) is 26.0 Å². The zero-order valence-electron chi connectivity index (χ0n) is 14.0. The zero-order chi connectivity index (χ0) is 17.8. The largest absolute Gasteiger partial charge is 0.381 e. The van der Waals surface area contributed by atoms with Gasteiger partial charge in [-0.2, -0.15) is 0 Å². The van der Waals surface area contributed by atoms with Gasteiger partial charge in [-0.25, -0.2) is 13.1 Å². The second-order valence-electron chi connectivity index (χ2n) is 6.35. The average Bonchev–Trinajstić information content (AvgIpc) is 2.54. The molecule has 0 atom stereocenters. The van der Waals surface area contributed by atoms with Crippen molar-refractivity contribution in [2.75, 3.05) is 25.1 Å². The number of benzene rings is 1. The topological polar surface area (TPSA) is 111 Å². The first-order valence-electron chi connectivity index (χ1n) is 8.01. The highest BCUT2D eigenvalue weighted by Gasteiger charge is 2.38. The summed E-state index contributed by atoms with van der Waals surface area (Å²) in [7, 11) is -3.54. The molecule has 0 unspecified atom stereocenters. The Balaban J connectivity index is 2.10. The Morgan fingerprint density at radius 3 is 2.33 bits per heavy atom. The number of sulfonamides is 1. The lowest BCUT2D eigenvalue weighted by atomic mass is 9.79. The highest BCUT2D eigenvalue weighted by Crippen LogP contribution is 2.31. The third kappa shape index (κ3) is 4.32. The molecule has 0 aromatic heterocycles. The Morgan fingerprint density at radius 2 is 1.83 bits per heavy atom. The summed E-state index contributed by atoms with van der Waals surface area (Å²) in [5.74, 6) is -0.149. The van der Waals surface area contributed by atoms with Crippen LogP contribution in [0, 0.1) is 5.41 Å². The van der Waals surface area contributed by atoms with Crippen LogP contribution in [0.15, 0.2) is 29.2 Å². The van der Waals surface area contributed by atoms with Crippen LogP contribution >= 0.6 is 0 Å². The van der Waals surface area contributed by atoms with Gasteiger partial charge in [0.1, 0.15) is 0 Å². The monoisotopic (exact) mass is 355 g/mol. The molecule has 1 heterocycles. The van der Waals surface area contributed by atoms with Gasteiger partial charge in [-0.15, -0.1) is 0 Å². The number of carbonyl (C=O) groups is 1. The van der Waals surface area contributed by atoms with Gasteiger partial charge in [0.2, 0.25) is 15.9 Å². The van der Waals surface area contributed by atoms with Gasteiger partial charge in [-0.3, -0.25) is 4.79 Å². The van der Waals surface area contributed by atoms with Gasteiger partial charge in [0.15, 0.2) is 0 Å². The molecule has 4 N–H and O–H groups in total. The Hall–Kier alpha value is -1.48. The van der Waals surface area contributed by atoms with Gasteiger partial charge < -0.3 is 15.8 Å². The van der Waals surface area contributed by atoms with E-state index in [1.165, 1.54) is 12.1 Å². The Kier molecular flexibility index (Phi) is 5.97. The van der Waals surface area contributed by atoms with Gasteiger partial charge in [0.05, 0.1) is 10.3 Å². The summed E-state index contributed by atoms with van der Waals surface area (Å²) >= 11 is 0.